The third kappa shape index (κ3) is 5.79. The van der Waals surface area contributed by atoms with E-state index < -0.39 is 11.7 Å². The maximum Gasteiger partial charge on any atom is 0.303 e. The first-order valence-corrected chi connectivity index (χ1v) is 9.47. The molecule has 9 nitrogen and oxygen atoms in total. The molecule has 3 rings (SSSR count). The molecule has 0 aliphatic carbocycles. The van der Waals surface area contributed by atoms with Gasteiger partial charge in [0.2, 0.25) is 11.7 Å². The SMILES string of the molecule is COCCn1ccc(-c2cnc(NC(C)=O)cc2Nc2cc(C)nc(C(C)(F)F)n2)n1. The number of ether oxygens (including phenoxy) is 1. The Morgan fingerprint density at radius 2 is 2.03 bits per heavy atom. The monoisotopic (exact) mass is 431 g/mol. The van der Waals surface area contributed by atoms with Crippen LogP contribution in [0.25, 0.3) is 11.3 Å². The smallest absolute Gasteiger partial charge is 0.303 e. The molecule has 11 heteroatoms. The van der Waals surface area contributed by atoms with Crippen LogP contribution in [0.1, 0.15) is 25.4 Å². The summed E-state index contributed by atoms with van der Waals surface area (Å²) in [6.07, 6.45) is 3.34. The van der Waals surface area contributed by atoms with Crippen LogP contribution in [0.15, 0.2) is 30.6 Å². The number of aryl methyl sites for hydroxylation is 1. The highest BCUT2D eigenvalue weighted by atomic mass is 19.3. The van der Waals surface area contributed by atoms with Crippen LogP contribution in [-0.2, 0) is 22.0 Å². The zero-order valence-corrected chi connectivity index (χ0v) is 17.6. The Kier molecular flexibility index (Phi) is 6.54. The highest BCUT2D eigenvalue weighted by molar-refractivity contribution is 5.89. The first-order valence-electron chi connectivity index (χ1n) is 9.47. The van der Waals surface area contributed by atoms with Crippen molar-refractivity contribution in [3.63, 3.8) is 0 Å². The number of rotatable bonds is 8. The minimum Gasteiger partial charge on any atom is -0.383 e. The summed E-state index contributed by atoms with van der Waals surface area (Å²) in [6, 6.07) is 4.94. The van der Waals surface area contributed by atoms with Crippen LogP contribution in [0.4, 0.5) is 26.1 Å². The summed E-state index contributed by atoms with van der Waals surface area (Å²) in [5.74, 6) is -3.59. The van der Waals surface area contributed by atoms with Gasteiger partial charge in [0.15, 0.2) is 0 Å². The van der Waals surface area contributed by atoms with Gasteiger partial charge in [0.05, 0.1) is 24.5 Å². The summed E-state index contributed by atoms with van der Waals surface area (Å²) in [6.45, 7) is 4.78. The molecule has 0 saturated heterocycles. The van der Waals surface area contributed by atoms with Crippen molar-refractivity contribution < 1.29 is 18.3 Å². The average molecular weight is 431 g/mol. The van der Waals surface area contributed by atoms with E-state index in [1.165, 1.54) is 6.92 Å². The molecule has 3 heterocycles. The minimum absolute atomic E-state index is 0.184. The molecule has 0 radical (unpaired) electrons. The quantitative estimate of drug-likeness (QED) is 0.562. The Labute approximate surface area is 177 Å². The maximum atomic E-state index is 13.8. The molecule has 1 amide bonds. The summed E-state index contributed by atoms with van der Waals surface area (Å²) in [5.41, 5.74) is 2.08. The van der Waals surface area contributed by atoms with E-state index >= 15 is 0 Å². The molecule has 0 fully saturated rings. The summed E-state index contributed by atoms with van der Waals surface area (Å²) in [4.78, 5) is 23.4. The molecule has 0 saturated carbocycles. The molecule has 0 atom stereocenters. The van der Waals surface area contributed by atoms with E-state index in [9.17, 15) is 13.6 Å². The summed E-state index contributed by atoms with van der Waals surface area (Å²) >= 11 is 0. The fraction of sp³-hybridized carbons (Fsp3) is 0.350. The van der Waals surface area contributed by atoms with E-state index in [2.05, 4.69) is 30.7 Å². The van der Waals surface area contributed by atoms with Crippen LogP contribution >= 0.6 is 0 Å². The minimum atomic E-state index is -3.19. The largest absolute Gasteiger partial charge is 0.383 e. The van der Waals surface area contributed by atoms with Crippen LogP contribution in [0.2, 0.25) is 0 Å². The third-order valence-electron chi connectivity index (χ3n) is 4.16. The molecule has 3 aromatic heterocycles. The van der Waals surface area contributed by atoms with Gasteiger partial charge in [0.25, 0.3) is 0 Å². The molecule has 164 valence electrons. The van der Waals surface area contributed by atoms with Crippen molar-refractivity contribution in [1.82, 2.24) is 24.7 Å². The van der Waals surface area contributed by atoms with Crippen LogP contribution < -0.4 is 10.6 Å². The molecular formula is C20H23F2N7O2. The van der Waals surface area contributed by atoms with Crippen molar-refractivity contribution in [3.8, 4) is 11.3 Å². The molecule has 0 aliphatic rings. The van der Waals surface area contributed by atoms with Gasteiger partial charge in [-0.2, -0.15) is 13.9 Å². The van der Waals surface area contributed by atoms with Gasteiger partial charge in [-0.25, -0.2) is 15.0 Å². The fourth-order valence-electron chi connectivity index (χ4n) is 2.79. The van der Waals surface area contributed by atoms with E-state index in [1.807, 2.05) is 0 Å². The van der Waals surface area contributed by atoms with Crippen LogP contribution in [0, 0.1) is 6.92 Å². The Hall–Kier alpha value is -3.47. The van der Waals surface area contributed by atoms with Gasteiger partial charge in [-0.3, -0.25) is 9.48 Å². The van der Waals surface area contributed by atoms with E-state index in [1.54, 1.807) is 49.3 Å². The summed E-state index contributed by atoms with van der Waals surface area (Å²) in [7, 11) is 1.61. The first kappa shape index (κ1) is 22.2. The Balaban J connectivity index is 2.01. The van der Waals surface area contributed by atoms with Crippen LogP contribution in [0.3, 0.4) is 0 Å². The van der Waals surface area contributed by atoms with Crippen molar-refractivity contribution in [2.45, 2.75) is 33.2 Å². The molecular weight excluding hydrogens is 408 g/mol. The number of pyridine rings is 1. The van der Waals surface area contributed by atoms with E-state index in [4.69, 9.17) is 4.74 Å². The first-order chi connectivity index (χ1) is 14.7. The number of aromatic nitrogens is 5. The summed E-state index contributed by atoms with van der Waals surface area (Å²) in [5, 5.41) is 10.1. The second kappa shape index (κ2) is 9.13. The number of alkyl halides is 2. The van der Waals surface area contributed by atoms with Gasteiger partial charge in [-0.15, -0.1) is 0 Å². The lowest BCUT2D eigenvalue weighted by Gasteiger charge is -2.15. The number of carbonyl (C=O) groups is 1. The number of nitrogens with one attached hydrogen (secondary N) is 2. The van der Waals surface area contributed by atoms with Crippen molar-refractivity contribution in [2.24, 2.45) is 0 Å². The van der Waals surface area contributed by atoms with Crippen molar-refractivity contribution >= 4 is 23.2 Å². The maximum absolute atomic E-state index is 13.8. The zero-order chi connectivity index (χ0) is 22.6. The fourth-order valence-corrected chi connectivity index (χ4v) is 2.79. The van der Waals surface area contributed by atoms with Crippen molar-refractivity contribution in [3.05, 3.63) is 42.1 Å². The number of halogens is 2. The van der Waals surface area contributed by atoms with Crippen molar-refractivity contribution in [2.75, 3.05) is 24.4 Å². The third-order valence-corrected chi connectivity index (χ3v) is 4.16. The second-order valence-electron chi connectivity index (χ2n) is 6.98. The highest BCUT2D eigenvalue weighted by Gasteiger charge is 2.29. The van der Waals surface area contributed by atoms with E-state index in [0.717, 1.165) is 6.92 Å². The zero-order valence-electron chi connectivity index (χ0n) is 17.6. The lowest BCUT2D eigenvalue weighted by atomic mass is 10.1. The molecule has 3 aromatic rings. The lowest BCUT2D eigenvalue weighted by Crippen LogP contribution is -2.14. The van der Waals surface area contributed by atoms with Gasteiger partial charge in [-0.1, -0.05) is 0 Å². The lowest BCUT2D eigenvalue weighted by molar-refractivity contribution is -0.114. The number of methoxy groups -OCH3 is 1. The van der Waals surface area contributed by atoms with Crippen LogP contribution in [-0.4, -0.2) is 44.4 Å². The van der Waals surface area contributed by atoms with Gasteiger partial charge in [0.1, 0.15) is 11.6 Å². The Morgan fingerprint density at radius 3 is 2.71 bits per heavy atom. The highest BCUT2D eigenvalue weighted by Crippen LogP contribution is 2.31. The van der Waals surface area contributed by atoms with Crippen molar-refractivity contribution in [1.29, 1.82) is 0 Å². The van der Waals surface area contributed by atoms with E-state index in [-0.39, 0.29) is 11.7 Å². The van der Waals surface area contributed by atoms with Gasteiger partial charge in [-0.05, 0) is 13.0 Å². The number of hydrogen-bond acceptors (Lipinski definition) is 7. The molecule has 0 unspecified atom stereocenters. The normalized spacial score (nSPS) is 11.4. The Bertz CT molecular complexity index is 1080. The summed E-state index contributed by atoms with van der Waals surface area (Å²) < 4.78 is 34.3. The number of nitrogens with zero attached hydrogens (tertiary/aromatic N) is 5. The Morgan fingerprint density at radius 1 is 1.26 bits per heavy atom. The number of hydrogen-bond donors (Lipinski definition) is 2. The molecule has 0 aromatic carbocycles. The number of amides is 1. The van der Waals surface area contributed by atoms with Gasteiger partial charge >= 0.3 is 5.92 Å². The van der Waals surface area contributed by atoms with Crippen LogP contribution in [0.5, 0.6) is 0 Å². The second-order valence-corrected chi connectivity index (χ2v) is 6.98. The topological polar surface area (TPSA) is 107 Å². The standard InChI is InChI=1S/C20H23F2N7O2/c1-12-9-18(27-19(24-12)20(3,21)22)26-16-10-17(25-13(2)30)23-11-14(16)15-5-6-29(28-15)7-8-31-4/h5-6,9-11H,7-8H2,1-4H3,(H2,23,24,25,26,27,30). The van der Waals surface area contributed by atoms with Gasteiger partial charge in [0, 0.05) is 56.7 Å². The number of anilines is 3. The van der Waals surface area contributed by atoms with Gasteiger partial charge < -0.3 is 15.4 Å². The predicted octanol–water partition coefficient (Wildman–Crippen LogP) is 3.50. The molecule has 0 spiro atoms. The molecule has 31 heavy (non-hydrogen) atoms. The number of carbonyl (C=O) groups excluding carboxylic acids is 1. The predicted molar refractivity (Wildman–Crippen MR) is 111 cm³/mol. The van der Waals surface area contributed by atoms with E-state index in [0.29, 0.717) is 41.6 Å². The average Bonchev–Trinajstić information content (AvgIpc) is 3.13. The molecule has 0 aliphatic heterocycles. The molecule has 2 N–H and O–H groups in total. The molecule has 0 bridgehead atoms.